The number of carbonyl (C=O) groups is 1. The second kappa shape index (κ2) is 10.9. The van der Waals surface area contributed by atoms with E-state index in [2.05, 4.69) is 53.2 Å². The van der Waals surface area contributed by atoms with Crippen LogP contribution in [0.4, 0.5) is 11.9 Å². The number of rotatable bonds is 10. The van der Waals surface area contributed by atoms with Crippen LogP contribution in [0.2, 0.25) is 0 Å². The van der Waals surface area contributed by atoms with Crippen LogP contribution in [0.15, 0.2) is 22.7 Å². The molecule has 1 saturated heterocycles. The minimum Gasteiger partial charge on any atom is -0.355 e. The van der Waals surface area contributed by atoms with E-state index in [4.69, 9.17) is 0 Å². The third-order valence-electron chi connectivity index (χ3n) is 5.22. The number of amides is 1. The zero-order valence-corrected chi connectivity index (χ0v) is 20.1. The minimum atomic E-state index is 0.125. The van der Waals surface area contributed by atoms with Crippen molar-refractivity contribution in [2.75, 3.05) is 62.2 Å². The van der Waals surface area contributed by atoms with E-state index >= 15 is 0 Å². The van der Waals surface area contributed by atoms with Gasteiger partial charge in [0.05, 0.1) is 5.75 Å². The number of piperazine rings is 1. The second-order valence-corrected chi connectivity index (χ2v) is 9.36. The van der Waals surface area contributed by atoms with Gasteiger partial charge in [-0.05, 0) is 31.7 Å². The van der Waals surface area contributed by atoms with Crippen molar-refractivity contribution in [3.8, 4) is 0 Å². The van der Waals surface area contributed by atoms with Crippen molar-refractivity contribution in [3.05, 3.63) is 22.4 Å². The fourth-order valence-corrected chi connectivity index (χ4v) is 5.09. The molecule has 1 fully saturated rings. The van der Waals surface area contributed by atoms with Crippen LogP contribution in [-0.2, 0) is 11.2 Å². The fraction of sp³-hybridized carbons (Fsp3) is 0.550. The first kappa shape index (κ1) is 22.7. The summed E-state index contributed by atoms with van der Waals surface area (Å²) in [7, 11) is 0. The zero-order valence-electron chi connectivity index (χ0n) is 18.5. The number of hydrogen-bond acceptors (Lipinski definition) is 10. The molecule has 0 unspecified atom stereocenters. The summed E-state index contributed by atoms with van der Waals surface area (Å²) in [6.45, 7) is 9.82. The van der Waals surface area contributed by atoms with Gasteiger partial charge in [0.2, 0.25) is 17.8 Å². The number of hydrogen-bond donors (Lipinski definition) is 2. The highest BCUT2D eigenvalue weighted by atomic mass is 32.2. The van der Waals surface area contributed by atoms with Crippen LogP contribution < -0.4 is 10.6 Å². The Kier molecular flexibility index (Phi) is 7.76. The van der Waals surface area contributed by atoms with E-state index in [1.54, 1.807) is 15.7 Å². The lowest BCUT2D eigenvalue weighted by molar-refractivity contribution is -0.130. The normalized spacial score (nSPS) is 14.8. The number of carbonyl (C=O) groups excluding carboxylic acids is 1. The molecule has 0 aliphatic carbocycles. The Labute approximate surface area is 195 Å². The molecule has 1 amide bonds. The molecule has 0 atom stereocenters. The molecule has 1 aliphatic rings. The van der Waals surface area contributed by atoms with Crippen LogP contribution in [-0.4, -0.2) is 91.8 Å². The van der Waals surface area contributed by atoms with Crippen LogP contribution in [0.25, 0.3) is 5.78 Å². The van der Waals surface area contributed by atoms with Gasteiger partial charge >= 0.3 is 0 Å². The van der Waals surface area contributed by atoms with Gasteiger partial charge in [-0.1, -0.05) is 17.8 Å². The predicted octanol–water partition coefficient (Wildman–Crippen LogP) is 1.92. The lowest BCUT2D eigenvalue weighted by Gasteiger charge is -2.34. The quantitative estimate of drug-likeness (QED) is 0.426. The van der Waals surface area contributed by atoms with Gasteiger partial charge in [-0.15, -0.1) is 21.5 Å². The van der Waals surface area contributed by atoms with Crippen LogP contribution in [0.1, 0.15) is 18.7 Å². The summed E-state index contributed by atoms with van der Waals surface area (Å²) in [5, 5.41) is 17.5. The second-order valence-electron chi connectivity index (χ2n) is 7.39. The van der Waals surface area contributed by atoms with Crippen LogP contribution in [0.5, 0.6) is 0 Å². The third kappa shape index (κ3) is 5.48. The molecule has 0 bridgehead atoms. The Morgan fingerprint density at radius 3 is 2.66 bits per heavy atom. The molecule has 4 heterocycles. The maximum atomic E-state index is 12.8. The number of fused-ring (bicyclic) bond motifs is 1. The van der Waals surface area contributed by atoms with Gasteiger partial charge in [0.15, 0.2) is 5.16 Å². The molecule has 0 aromatic carbocycles. The summed E-state index contributed by atoms with van der Waals surface area (Å²) < 4.78 is 1.77. The summed E-state index contributed by atoms with van der Waals surface area (Å²) >= 11 is 3.18. The van der Waals surface area contributed by atoms with Gasteiger partial charge in [0.25, 0.3) is 5.78 Å². The third-order valence-corrected chi connectivity index (χ3v) is 7.07. The highest BCUT2D eigenvalue weighted by molar-refractivity contribution is 7.99. The van der Waals surface area contributed by atoms with E-state index in [0.717, 1.165) is 39.1 Å². The molecular formula is C20H29N9OS2. The van der Waals surface area contributed by atoms with Crippen molar-refractivity contribution in [2.45, 2.75) is 25.4 Å². The summed E-state index contributed by atoms with van der Waals surface area (Å²) in [5.74, 6) is 2.03. The summed E-state index contributed by atoms with van der Waals surface area (Å²) in [6.07, 6.45) is 1.08. The standard InChI is InChI=1S/C20H29N9OS2/c1-3-21-17-23-18(22-4-2)29-19(24-17)25-26-20(29)32-14-16(30)28-11-9-27(10-12-28)8-7-15-6-5-13-31-15/h5-6,13H,3-4,7-12,14H2,1-2H3,(H2,21,22,23,24,25). The topological polar surface area (TPSA) is 104 Å². The van der Waals surface area contributed by atoms with E-state index in [0.29, 0.717) is 41.7 Å². The number of nitrogens with one attached hydrogen (secondary N) is 2. The monoisotopic (exact) mass is 475 g/mol. The summed E-state index contributed by atoms with van der Waals surface area (Å²) in [4.78, 5) is 27.5. The molecule has 3 aromatic rings. The predicted molar refractivity (Wildman–Crippen MR) is 129 cm³/mol. The molecule has 3 aromatic heterocycles. The number of anilines is 2. The first-order chi connectivity index (χ1) is 15.7. The smallest absolute Gasteiger partial charge is 0.261 e. The largest absolute Gasteiger partial charge is 0.355 e. The SMILES string of the molecule is CCNc1nc(NCC)n2c(SCC(=O)N3CCN(CCc4cccs4)CC3)nnc2n1. The van der Waals surface area contributed by atoms with Gasteiger partial charge in [-0.2, -0.15) is 9.97 Å². The summed E-state index contributed by atoms with van der Waals surface area (Å²) in [5.41, 5.74) is 0. The molecule has 2 N–H and O–H groups in total. The first-order valence-corrected chi connectivity index (χ1v) is 12.8. The Balaban J connectivity index is 1.32. The number of aromatic nitrogens is 5. The molecule has 1 aliphatic heterocycles. The van der Waals surface area contributed by atoms with Gasteiger partial charge in [-0.3, -0.25) is 9.69 Å². The first-order valence-electron chi connectivity index (χ1n) is 10.9. The van der Waals surface area contributed by atoms with E-state index in [1.807, 2.05) is 18.7 Å². The van der Waals surface area contributed by atoms with Gasteiger partial charge in [0.1, 0.15) is 0 Å². The maximum absolute atomic E-state index is 12.8. The Hall–Kier alpha value is -2.44. The molecule has 0 spiro atoms. The van der Waals surface area contributed by atoms with Crippen LogP contribution in [0, 0.1) is 0 Å². The number of nitrogens with zero attached hydrogens (tertiary/aromatic N) is 7. The average molecular weight is 476 g/mol. The Morgan fingerprint density at radius 1 is 1.12 bits per heavy atom. The van der Waals surface area contributed by atoms with Crippen molar-refractivity contribution >= 4 is 46.7 Å². The van der Waals surface area contributed by atoms with Crippen molar-refractivity contribution in [1.82, 2.24) is 34.4 Å². The van der Waals surface area contributed by atoms with Crippen molar-refractivity contribution in [2.24, 2.45) is 0 Å². The van der Waals surface area contributed by atoms with Gasteiger partial charge < -0.3 is 15.5 Å². The molecule has 4 rings (SSSR count). The van der Waals surface area contributed by atoms with E-state index < -0.39 is 0 Å². The molecule has 172 valence electrons. The van der Waals surface area contributed by atoms with Crippen LogP contribution in [0.3, 0.4) is 0 Å². The average Bonchev–Trinajstić information content (AvgIpc) is 3.47. The highest BCUT2D eigenvalue weighted by Gasteiger charge is 2.22. The zero-order chi connectivity index (χ0) is 22.3. The summed E-state index contributed by atoms with van der Waals surface area (Å²) in [6, 6.07) is 4.28. The Morgan fingerprint density at radius 2 is 1.94 bits per heavy atom. The molecule has 0 radical (unpaired) electrons. The van der Waals surface area contributed by atoms with E-state index in [9.17, 15) is 4.79 Å². The minimum absolute atomic E-state index is 0.125. The lowest BCUT2D eigenvalue weighted by atomic mass is 10.2. The molecule has 0 saturated carbocycles. The molecule has 32 heavy (non-hydrogen) atoms. The fourth-order valence-electron chi connectivity index (χ4n) is 3.56. The number of thiophene rings is 1. The number of thioether (sulfide) groups is 1. The Bertz CT molecular complexity index is 1020. The van der Waals surface area contributed by atoms with Gasteiger partial charge in [-0.25, -0.2) is 4.40 Å². The van der Waals surface area contributed by atoms with Crippen molar-refractivity contribution in [1.29, 1.82) is 0 Å². The molecule has 12 heteroatoms. The van der Waals surface area contributed by atoms with E-state index in [-0.39, 0.29) is 5.91 Å². The molecular weight excluding hydrogens is 446 g/mol. The van der Waals surface area contributed by atoms with Crippen molar-refractivity contribution < 1.29 is 4.79 Å². The molecule has 10 nitrogen and oxygen atoms in total. The maximum Gasteiger partial charge on any atom is 0.261 e. The highest BCUT2D eigenvalue weighted by Crippen LogP contribution is 2.21. The van der Waals surface area contributed by atoms with Crippen LogP contribution >= 0.6 is 23.1 Å². The van der Waals surface area contributed by atoms with Crippen molar-refractivity contribution in [3.63, 3.8) is 0 Å². The van der Waals surface area contributed by atoms with Gasteiger partial charge in [0, 0.05) is 50.7 Å². The lowest BCUT2D eigenvalue weighted by Crippen LogP contribution is -2.49. The van der Waals surface area contributed by atoms with E-state index in [1.165, 1.54) is 16.6 Å².